The van der Waals surface area contributed by atoms with E-state index in [9.17, 15) is 8.78 Å². The van der Waals surface area contributed by atoms with Crippen LogP contribution in [0.15, 0.2) is 6.20 Å². The van der Waals surface area contributed by atoms with Crippen molar-refractivity contribution < 1.29 is 13.9 Å². The van der Waals surface area contributed by atoms with Crippen molar-refractivity contribution in [1.29, 1.82) is 5.26 Å². The van der Waals surface area contributed by atoms with E-state index in [-0.39, 0.29) is 28.9 Å². The van der Waals surface area contributed by atoms with Gasteiger partial charge >= 0.3 is 0 Å². The van der Waals surface area contributed by atoms with Gasteiger partial charge in [-0.2, -0.15) is 5.26 Å². The second-order valence-corrected chi connectivity index (χ2v) is 2.79. The maximum Gasteiger partial charge on any atom is 0.265 e. The minimum atomic E-state index is -2.73. The maximum absolute atomic E-state index is 12.5. The number of alkyl halides is 2. The molecule has 1 aromatic rings. The summed E-state index contributed by atoms with van der Waals surface area (Å²) in [7, 11) is 0. The predicted molar refractivity (Wildman–Crippen MR) is 47.7 cm³/mol. The van der Waals surface area contributed by atoms with Gasteiger partial charge in [0.2, 0.25) is 0 Å². The lowest BCUT2D eigenvalue weighted by Crippen LogP contribution is -2.09. The van der Waals surface area contributed by atoms with Crippen molar-refractivity contribution in [2.75, 3.05) is 0 Å². The highest BCUT2D eigenvalue weighted by atomic mass is 19.3. The Morgan fingerprint density at radius 3 is 2.67 bits per heavy atom. The van der Waals surface area contributed by atoms with Gasteiger partial charge < -0.3 is 10.8 Å². The van der Waals surface area contributed by atoms with E-state index >= 15 is 0 Å². The van der Waals surface area contributed by atoms with Gasteiger partial charge in [-0.05, 0) is 5.56 Å². The number of aromatic nitrogens is 1. The van der Waals surface area contributed by atoms with Gasteiger partial charge in [0.25, 0.3) is 6.43 Å². The standard InChI is InChI=1S/C9H9F2N3O/c10-9(11)7-3-14-8(4-15)6(2-13)5(7)1-12/h3,9,15H,1,4,12H2. The third-order valence-electron chi connectivity index (χ3n) is 2.00. The van der Waals surface area contributed by atoms with Crippen LogP contribution in [0.25, 0.3) is 0 Å². The van der Waals surface area contributed by atoms with Crippen LogP contribution in [0.4, 0.5) is 8.78 Å². The van der Waals surface area contributed by atoms with Gasteiger partial charge in [0, 0.05) is 18.3 Å². The predicted octanol–water partition coefficient (Wildman–Crippen LogP) is 0.842. The van der Waals surface area contributed by atoms with Gasteiger partial charge in [-0.15, -0.1) is 0 Å². The van der Waals surface area contributed by atoms with Crippen LogP contribution in [-0.2, 0) is 13.2 Å². The number of hydrogen-bond donors (Lipinski definition) is 2. The first kappa shape index (κ1) is 11.5. The summed E-state index contributed by atoms with van der Waals surface area (Å²) in [5.74, 6) is 0. The molecule has 0 atom stereocenters. The largest absolute Gasteiger partial charge is 0.390 e. The number of nitriles is 1. The van der Waals surface area contributed by atoms with Gasteiger partial charge in [0.1, 0.15) is 6.07 Å². The molecule has 0 unspecified atom stereocenters. The zero-order valence-corrected chi connectivity index (χ0v) is 7.74. The first-order valence-corrected chi connectivity index (χ1v) is 4.15. The minimum absolute atomic E-state index is 0.0477. The molecule has 80 valence electrons. The fraction of sp³-hybridized carbons (Fsp3) is 0.333. The molecule has 0 saturated carbocycles. The van der Waals surface area contributed by atoms with Crippen LogP contribution >= 0.6 is 0 Å². The third kappa shape index (κ3) is 2.09. The van der Waals surface area contributed by atoms with E-state index in [1.54, 1.807) is 6.07 Å². The number of pyridine rings is 1. The summed E-state index contributed by atoms with van der Waals surface area (Å²) in [5.41, 5.74) is 5.00. The lowest BCUT2D eigenvalue weighted by molar-refractivity contribution is 0.149. The highest BCUT2D eigenvalue weighted by molar-refractivity contribution is 5.45. The Bertz CT molecular complexity index is 401. The average molecular weight is 213 g/mol. The van der Waals surface area contributed by atoms with Gasteiger partial charge in [-0.3, -0.25) is 4.98 Å². The molecule has 0 aromatic carbocycles. The van der Waals surface area contributed by atoms with Crippen molar-refractivity contribution in [3.05, 3.63) is 28.6 Å². The quantitative estimate of drug-likeness (QED) is 0.779. The summed E-state index contributed by atoms with van der Waals surface area (Å²) >= 11 is 0. The Hall–Kier alpha value is -1.58. The number of aliphatic hydroxyl groups is 1. The van der Waals surface area contributed by atoms with E-state index in [0.29, 0.717) is 0 Å². The number of rotatable bonds is 3. The van der Waals surface area contributed by atoms with Crippen molar-refractivity contribution >= 4 is 0 Å². The Morgan fingerprint density at radius 1 is 1.60 bits per heavy atom. The van der Waals surface area contributed by atoms with Crippen molar-refractivity contribution in [3.8, 4) is 6.07 Å². The fourth-order valence-electron chi connectivity index (χ4n) is 1.27. The first-order chi connectivity index (χ1) is 7.15. The second kappa shape index (κ2) is 4.77. The highest BCUT2D eigenvalue weighted by Crippen LogP contribution is 2.25. The van der Waals surface area contributed by atoms with Gasteiger partial charge in [0.05, 0.1) is 17.9 Å². The monoisotopic (exact) mass is 213 g/mol. The zero-order valence-electron chi connectivity index (χ0n) is 7.74. The van der Waals surface area contributed by atoms with Crippen molar-refractivity contribution in [2.24, 2.45) is 5.73 Å². The summed E-state index contributed by atoms with van der Waals surface area (Å²) in [4.78, 5) is 3.59. The number of nitrogens with zero attached hydrogens (tertiary/aromatic N) is 2. The normalized spacial score (nSPS) is 10.4. The molecule has 0 aliphatic carbocycles. The maximum atomic E-state index is 12.5. The molecule has 0 bridgehead atoms. The molecule has 3 N–H and O–H groups in total. The minimum Gasteiger partial charge on any atom is -0.390 e. The Kier molecular flexibility index (Phi) is 3.66. The van der Waals surface area contributed by atoms with Crippen LogP contribution in [0.2, 0.25) is 0 Å². The van der Waals surface area contributed by atoms with E-state index < -0.39 is 13.0 Å². The summed E-state index contributed by atoms with van der Waals surface area (Å²) < 4.78 is 25.0. The van der Waals surface area contributed by atoms with Gasteiger partial charge in [-0.1, -0.05) is 0 Å². The summed E-state index contributed by atoms with van der Waals surface area (Å²) in [6, 6.07) is 1.73. The molecule has 0 fully saturated rings. The number of nitrogens with two attached hydrogens (primary N) is 1. The van der Waals surface area contributed by atoms with Crippen LogP contribution in [0.1, 0.15) is 28.8 Å². The number of hydrogen-bond acceptors (Lipinski definition) is 4. The van der Waals surface area contributed by atoms with Crippen LogP contribution in [0.5, 0.6) is 0 Å². The van der Waals surface area contributed by atoms with Crippen LogP contribution in [0, 0.1) is 11.3 Å². The lowest BCUT2D eigenvalue weighted by Gasteiger charge is -2.10. The van der Waals surface area contributed by atoms with E-state index in [1.165, 1.54) is 0 Å². The zero-order chi connectivity index (χ0) is 11.4. The Balaban J connectivity index is 3.43. The van der Waals surface area contributed by atoms with E-state index in [2.05, 4.69) is 4.98 Å². The number of halogens is 2. The molecule has 0 radical (unpaired) electrons. The van der Waals surface area contributed by atoms with Crippen LogP contribution in [-0.4, -0.2) is 10.1 Å². The summed E-state index contributed by atoms with van der Waals surface area (Å²) in [5, 5.41) is 17.6. The first-order valence-electron chi connectivity index (χ1n) is 4.15. The van der Waals surface area contributed by atoms with Gasteiger partial charge in [-0.25, -0.2) is 8.78 Å². The molecule has 6 heteroatoms. The van der Waals surface area contributed by atoms with Crippen molar-refractivity contribution in [2.45, 2.75) is 19.6 Å². The molecule has 15 heavy (non-hydrogen) atoms. The molecular formula is C9H9F2N3O. The average Bonchev–Trinajstić information content (AvgIpc) is 2.26. The van der Waals surface area contributed by atoms with Crippen LogP contribution in [0.3, 0.4) is 0 Å². The molecule has 0 aliphatic rings. The molecule has 0 aliphatic heterocycles. The molecule has 1 aromatic heterocycles. The third-order valence-corrected chi connectivity index (χ3v) is 2.00. The smallest absolute Gasteiger partial charge is 0.265 e. The van der Waals surface area contributed by atoms with Crippen molar-refractivity contribution in [3.63, 3.8) is 0 Å². The molecule has 0 spiro atoms. The molecular weight excluding hydrogens is 204 g/mol. The summed E-state index contributed by atoms with van der Waals surface area (Å²) in [6.45, 7) is -0.655. The second-order valence-electron chi connectivity index (χ2n) is 2.79. The van der Waals surface area contributed by atoms with E-state index in [1.807, 2.05) is 0 Å². The number of aliphatic hydroxyl groups excluding tert-OH is 1. The molecule has 1 rings (SSSR count). The molecule has 0 amide bonds. The Morgan fingerprint density at radius 2 is 2.27 bits per heavy atom. The van der Waals surface area contributed by atoms with Crippen molar-refractivity contribution in [1.82, 2.24) is 4.98 Å². The van der Waals surface area contributed by atoms with Gasteiger partial charge in [0.15, 0.2) is 0 Å². The Labute approximate surface area is 85.0 Å². The lowest BCUT2D eigenvalue weighted by atomic mass is 10.0. The molecule has 1 heterocycles. The fourth-order valence-corrected chi connectivity index (χ4v) is 1.27. The molecule has 0 saturated heterocycles. The SMILES string of the molecule is N#Cc1c(CO)ncc(C(F)F)c1CN. The van der Waals surface area contributed by atoms with E-state index in [4.69, 9.17) is 16.1 Å². The highest BCUT2D eigenvalue weighted by Gasteiger charge is 2.18. The molecule has 4 nitrogen and oxygen atoms in total. The summed E-state index contributed by atoms with van der Waals surface area (Å²) in [6.07, 6.45) is -1.78. The van der Waals surface area contributed by atoms with Crippen LogP contribution < -0.4 is 5.73 Å². The van der Waals surface area contributed by atoms with E-state index in [0.717, 1.165) is 6.20 Å². The topological polar surface area (TPSA) is 82.9 Å².